The summed E-state index contributed by atoms with van der Waals surface area (Å²) in [4.78, 5) is 27.0. The maximum Gasteiger partial charge on any atom is 0.424 e. The molecule has 3 rings (SSSR count). The summed E-state index contributed by atoms with van der Waals surface area (Å²) in [6, 6.07) is 7.22. The molecule has 0 aliphatic carbocycles. The average Bonchev–Trinajstić information content (AvgIpc) is 2.62. The van der Waals surface area contributed by atoms with Crippen molar-refractivity contribution in [1.82, 2.24) is 14.7 Å². The topological polar surface area (TPSA) is 84.7 Å². The molecule has 0 atom stereocenters. The summed E-state index contributed by atoms with van der Waals surface area (Å²) in [5.74, 6) is -0.494. The molecule has 2 aliphatic heterocycles. The van der Waals surface area contributed by atoms with Crippen molar-refractivity contribution in [2.45, 2.75) is 0 Å². The summed E-state index contributed by atoms with van der Waals surface area (Å²) >= 11 is 0. The Labute approximate surface area is 135 Å². The van der Waals surface area contributed by atoms with Crippen molar-refractivity contribution in [1.29, 1.82) is 0 Å². The van der Waals surface area contributed by atoms with E-state index in [1.54, 1.807) is 12.1 Å². The highest BCUT2D eigenvalue weighted by atomic mass is 16.5. The van der Waals surface area contributed by atoms with Crippen molar-refractivity contribution < 1.29 is 14.3 Å². The minimum absolute atomic E-state index is 0.0310. The second-order valence-electron chi connectivity index (χ2n) is 5.93. The molecule has 0 saturated carbocycles. The van der Waals surface area contributed by atoms with Crippen LogP contribution in [0.15, 0.2) is 24.3 Å². The molecule has 3 N–H and O–H groups in total. The molecule has 2 fully saturated rings. The van der Waals surface area contributed by atoms with Gasteiger partial charge in [0, 0.05) is 32.2 Å². The Hall–Kier alpha value is -1.96. The number of carbonyl (C=O) groups excluding carboxylic acids is 2. The van der Waals surface area contributed by atoms with Crippen LogP contribution in [0, 0.1) is 0 Å². The van der Waals surface area contributed by atoms with Crippen LogP contribution >= 0.6 is 0 Å². The quantitative estimate of drug-likeness (QED) is 0.760. The molecule has 1 aromatic carbocycles. The molecule has 2 heterocycles. The molecule has 1 aromatic rings. The Morgan fingerprint density at radius 3 is 2.43 bits per heavy atom. The monoisotopic (exact) mass is 319 g/mol. The predicted molar refractivity (Wildman–Crippen MR) is 87.1 cm³/mol. The van der Waals surface area contributed by atoms with Gasteiger partial charge in [0.15, 0.2) is 5.69 Å². The lowest BCUT2D eigenvalue weighted by Gasteiger charge is -2.42. The van der Waals surface area contributed by atoms with E-state index in [2.05, 4.69) is 5.32 Å². The Balaban J connectivity index is 2.03. The highest BCUT2D eigenvalue weighted by Crippen LogP contribution is 2.30. The second kappa shape index (κ2) is 6.66. The number of carbonyl (C=O) groups is 2. The van der Waals surface area contributed by atoms with E-state index in [0.717, 1.165) is 13.1 Å². The lowest BCUT2D eigenvalue weighted by molar-refractivity contribution is 0.0427. The van der Waals surface area contributed by atoms with Gasteiger partial charge in [0.25, 0.3) is 5.91 Å². The average molecular weight is 319 g/mol. The third-order valence-electron chi connectivity index (χ3n) is 4.62. The van der Waals surface area contributed by atoms with E-state index in [-0.39, 0.29) is 10.5 Å². The zero-order valence-corrected chi connectivity index (χ0v) is 13.2. The molecule has 7 heteroatoms. The number of quaternary nitrogens is 1. The van der Waals surface area contributed by atoms with E-state index >= 15 is 0 Å². The molecule has 0 radical (unpaired) electrons. The van der Waals surface area contributed by atoms with E-state index in [4.69, 9.17) is 10.5 Å². The van der Waals surface area contributed by atoms with Gasteiger partial charge in [-0.15, -0.1) is 0 Å². The first-order valence-corrected chi connectivity index (χ1v) is 7.99. The fourth-order valence-electron chi connectivity index (χ4n) is 3.39. The van der Waals surface area contributed by atoms with Crippen molar-refractivity contribution in [2.24, 2.45) is 5.73 Å². The highest BCUT2D eigenvalue weighted by molar-refractivity contribution is 6.01. The lowest BCUT2D eigenvalue weighted by Crippen LogP contribution is -2.67. The number of para-hydroxylation sites is 1. The molecular weight excluding hydrogens is 296 g/mol. The summed E-state index contributed by atoms with van der Waals surface area (Å²) < 4.78 is 5.50. The summed E-state index contributed by atoms with van der Waals surface area (Å²) in [5, 5.41) is 3.29. The third kappa shape index (κ3) is 2.95. The van der Waals surface area contributed by atoms with Crippen LogP contribution < -0.4 is 15.5 Å². The van der Waals surface area contributed by atoms with Crippen LogP contribution in [0.3, 0.4) is 0 Å². The number of nitrogens with two attached hydrogens (primary N) is 1. The number of morpholine rings is 1. The van der Waals surface area contributed by atoms with Crippen LogP contribution in [0.5, 0.6) is 0 Å². The number of ether oxygens (including phenoxy) is 1. The molecular formula is C16H23N4O3+. The normalized spacial score (nSPS) is 21.0. The first-order valence-electron chi connectivity index (χ1n) is 7.99. The van der Waals surface area contributed by atoms with Crippen LogP contribution in [0.4, 0.5) is 10.5 Å². The number of piperazine rings is 1. The van der Waals surface area contributed by atoms with Crippen molar-refractivity contribution in [3.63, 3.8) is 0 Å². The zero-order chi connectivity index (χ0) is 16.3. The Morgan fingerprint density at radius 2 is 1.78 bits per heavy atom. The Morgan fingerprint density at radius 1 is 1.13 bits per heavy atom. The SMILES string of the molecule is NC(=O)c1ccccc1[N+]1(C(=O)N2CCOCC2)CCNCC1. The van der Waals surface area contributed by atoms with Crippen LogP contribution in [0.1, 0.15) is 10.4 Å². The lowest BCUT2D eigenvalue weighted by atomic mass is 10.1. The van der Waals surface area contributed by atoms with Gasteiger partial charge in [0.2, 0.25) is 0 Å². The molecule has 3 amide bonds. The number of benzene rings is 1. The number of hydrogen-bond donors (Lipinski definition) is 2. The van der Waals surface area contributed by atoms with Crippen LogP contribution in [-0.2, 0) is 4.74 Å². The molecule has 0 aromatic heterocycles. The summed E-state index contributed by atoms with van der Waals surface area (Å²) in [6.07, 6.45) is 0. The number of rotatable bonds is 2. The smallest absolute Gasteiger partial charge is 0.378 e. The fraction of sp³-hybridized carbons (Fsp3) is 0.500. The summed E-state index contributed by atoms with van der Waals surface area (Å²) in [6.45, 7) is 4.96. The zero-order valence-electron chi connectivity index (χ0n) is 13.2. The third-order valence-corrected chi connectivity index (χ3v) is 4.62. The number of hydrogen-bond acceptors (Lipinski definition) is 4. The molecule has 23 heavy (non-hydrogen) atoms. The van der Waals surface area contributed by atoms with E-state index in [1.165, 1.54) is 0 Å². The van der Waals surface area contributed by atoms with Gasteiger partial charge in [-0.2, -0.15) is 0 Å². The van der Waals surface area contributed by atoms with Crippen molar-refractivity contribution >= 4 is 17.6 Å². The maximum absolute atomic E-state index is 13.3. The number of urea groups is 1. The molecule has 2 saturated heterocycles. The minimum atomic E-state index is -0.494. The van der Waals surface area contributed by atoms with Crippen LogP contribution in [-0.4, -0.2) is 69.3 Å². The largest absolute Gasteiger partial charge is 0.424 e. The molecule has 124 valence electrons. The second-order valence-corrected chi connectivity index (χ2v) is 5.93. The number of primary amides is 1. The first-order chi connectivity index (χ1) is 11.1. The molecule has 0 bridgehead atoms. The predicted octanol–water partition coefficient (Wildman–Crippen LogP) is 0.148. The number of nitrogens with zero attached hydrogens (tertiary/aromatic N) is 2. The minimum Gasteiger partial charge on any atom is -0.378 e. The standard InChI is InChI=1S/C16H22N4O3/c17-15(21)13-3-1-2-4-14(13)20(9-5-18-6-10-20)16(22)19-7-11-23-12-8-19/h1-4,18H,5-12H2,(H-,17,21)/p+1. The number of amides is 3. The van der Waals surface area contributed by atoms with Crippen molar-refractivity contribution in [3.05, 3.63) is 29.8 Å². The maximum atomic E-state index is 13.3. The van der Waals surface area contributed by atoms with Gasteiger partial charge < -0.3 is 15.8 Å². The van der Waals surface area contributed by atoms with Gasteiger partial charge in [-0.05, 0) is 6.07 Å². The molecule has 2 aliphatic rings. The molecule has 7 nitrogen and oxygen atoms in total. The Bertz CT molecular complexity index is 593. The number of nitrogens with one attached hydrogen (secondary N) is 1. The summed E-state index contributed by atoms with van der Waals surface area (Å²) in [5.41, 5.74) is 6.68. The van der Waals surface area contributed by atoms with E-state index in [9.17, 15) is 9.59 Å². The van der Waals surface area contributed by atoms with Gasteiger partial charge in [0.05, 0.1) is 13.2 Å². The van der Waals surface area contributed by atoms with Gasteiger partial charge in [-0.25, -0.2) is 9.28 Å². The Kier molecular flexibility index (Phi) is 4.61. The van der Waals surface area contributed by atoms with Gasteiger partial charge >= 0.3 is 6.03 Å². The van der Waals surface area contributed by atoms with Crippen LogP contribution in [0.25, 0.3) is 0 Å². The van der Waals surface area contributed by atoms with E-state index in [0.29, 0.717) is 50.6 Å². The van der Waals surface area contributed by atoms with Gasteiger partial charge in [-0.1, -0.05) is 12.1 Å². The fourth-order valence-corrected chi connectivity index (χ4v) is 3.39. The van der Waals surface area contributed by atoms with Crippen molar-refractivity contribution in [3.8, 4) is 0 Å². The summed E-state index contributed by atoms with van der Waals surface area (Å²) in [7, 11) is 0. The van der Waals surface area contributed by atoms with Gasteiger partial charge in [0.1, 0.15) is 18.7 Å². The van der Waals surface area contributed by atoms with Gasteiger partial charge in [-0.3, -0.25) is 9.69 Å². The molecule has 0 unspecified atom stereocenters. The van der Waals surface area contributed by atoms with E-state index < -0.39 is 5.91 Å². The molecule has 0 spiro atoms. The first kappa shape index (κ1) is 15.9. The van der Waals surface area contributed by atoms with Crippen LogP contribution in [0.2, 0.25) is 0 Å². The van der Waals surface area contributed by atoms with Crippen molar-refractivity contribution in [2.75, 3.05) is 52.5 Å². The highest BCUT2D eigenvalue weighted by Gasteiger charge is 2.45. The van der Waals surface area contributed by atoms with E-state index in [1.807, 2.05) is 17.0 Å².